The molecule has 0 bridgehead atoms. The van der Waals surface area contributed by atoms with Gasteiger partial charge in [-0.05, 0) is 19.2 Å². The van der Waals surface area contributed by atoms with Crippen LogP contribution in [0.3, 0.4) is 0 Å². The highest BCUT2D eigenvalue weighted by Crippen LogP contribution is 2.28. The van der Waals surface area contributed by atoms with E-state index in [-0.39, 0.29) is 0 Å². The Balaban J connectivity index is 2.28. The van der Waals surface area contributed by atoms with Crippen LogP contribution in [-0.2, 0) is 0 Å². The third-order valence-electron chi connectivity index (χ3n) is 1.98. The largest absolute Gasteiger partial charge is 0.386 e. The third-order valence-corrected chi connectivity index (χ3v) is 3.18. The molecule has 0 radical (unpaired) electrons. The first-order valence-corrected chi connectivity index (χ1v) is 5.02. The van der Waals surface area contributed by atoms with Crippen LogP contribution in [0.15, 0.2) is 18.3 Å². The molecule has 1 atom stereocenters. The highest BCUT2D eigenvalue weighted by atomic mass is 32.1. The smallest absolute Gasteiger partial charge is 0.101 e. The van der Waals surface area contributed by atoms with E-state index in [1.54, 1.807) is 11.3 Å². The van der Waals surface area contributed by atoms with Crippen LogP contribution in [0.25, 0.3) is 10.2 Å². The molecule has 0 aliphatic carbocycles. The topological polar surface area (TPSA) is 48.0 Å². The van der Waals surface area contributed by atoms with Gasteiger partial charge in [-0.1, -0.05) is 0 Å². The lowest BCUT2D eigenvalue weighted by atomic mass is 10.3. The van der Waals surface area contributed by atoms with Crippen LogP contribution < -0.4 is 5.32 Å². The van der Waals surface area contributed by atoms with Crippen molar-refractivity contribution in [3.8, 4) is 0 Å². The molecule has 1 unspecified atom stereocenters. The number of aliphatic hydroxyl groups is 1. The number of aromatic nitrogens is 1. The Labute approximate surface area is 80.4 Å². The van der Waals surface area contributed by atoms with Crippen molar-refractivity contribution in [2.45, 2.75) is 6.10 Å². The number of rotatable bonds is 3. The number of aliphatic hydroxyl groups excluding tert-OH is 1. The van der Waals surface area contributed by atoms with Crippen molar-refractivity contribution in [1.82, 2.24) is 10.3 Å². The monoisotopic (exact) mass is 196 g/mol. The molecule has 0 saturated heterocycles. The van der Waals surface area contributed by atoms with E-state index >= 15 is 0 Å². The summed E-state index contributed by atoms with van der Waals surface area (Å²) in [6.07, 6.45) is 1.52. The van der Waals surface area contributed by atoms with Gasteiger partial charge in [0.25, 0.3) is 0 Å². The van der Waals surface area contributed by atoms with Gasteiger partial charge in [0, 0.05) is 17.6 Å². The van der Waals surface area contributed by atoms with Crippen LogP contribution in [0.5, 0.6) is 0 Å². The summed E-state index contributed by atoms with van der Waals surface area (Å²) in [6.45, 7) is 0.600. The molecule has 3 N–H and O–H groups in total. The molecule has 3 nitrogen and oxygen atoms in total. The van der Waals surface area contributed by atoms with Gasteiger partial charge in [-0.2, -0.15) is 0 Å². The molecule has 0 fully saturated rings. The van der Waals surface area contributed by atoms with E-state index < -0.39 is 6.10 Å². The Hall–Kier alpha value is -0.840. The van der Waals surface area contributed by atoms with E-state index in [0.29, 0.717) is 6.54 Å². The molecule has 0 saturated carbocycles. The summed E-state index contributed by atoms with van der Waals surface area (Å²) in [6, 6.07) is 4.03. The predicted octanol–water partition coefficient (Wildman–Crippen LogP) is 1.48. The van der Waals surface area contributed by atoms with Gasteiger partial charge in [0.15, 0.2) is 0 Å². The quantitative estimate of drug-likeness (QED) is 0.696. The summed E-state index contributed by atoms with van der Waals surface area (Å²) in [4.78, 5) is 4.13. The number of nitrogens with one attached hydrogen (secondary N) is 2. The van der Waals surface area contributed by atoms with E-state index in [0.717, 1.165) is 10.4 Å². The number of H-pyrrole nitrogens is 1. The van der Waals surface area contributed by atoms with Crippen LogP contribution in [0.4, 0.5) is 0 Å². The Morgan fingerprint density at radius 2 is 2.54 bits per heavy atom. The van der Waals surface area contributed by atoms with Gasteiger partial charge in [-0.25, -0.2) is 0 Å². The van der Waals surface area contributed by atoms with Crippen molar-refractivity contribution < 1.29 is 5.11 Å². The van der Waals surface area contributed by atoms with Crippen LogP contribution in [0.2, 0.25) is 0 Å². The molecule has 2 rings (SSSR count). The molecular weight excluding hydrogens is 184 g/mol. The van der Waals surface area contributed by atoms with E-state index in [2.05, 4.69) is 10.3 Å². The molecule has 2 aromatic heterocycles. The molecule has 70 valence electrons. The van der Waals surface area contributed by atoms with E-state index in [4.69, 9.17) is 0 Å². The zero-order valence-electron chi connectivity index (χ0n) is 7.37. The number of aromatic amines is 1. The maximum Gasteiger partial charge on any atom is 0.101 e. The van der Waals surface area contributed by atoms with Crippen LogP contribution in [-0.4, -0.2) is 23.7 Å². The SMILES string of the molecule is CNCC(O)c1cc2[nH]ccc2s1. The molecule has 13 heavy (non-hydrogen) atoms. The second-order valence-electron chi connectivity index (χ2n) is 2.98. The van der Waals surface area contributed by atoms with E-state index in [1.165, 1.54) is 4.70 Å². The number of hydrogen-bond acceptors (Lipinski definition) is 3. The number of likely N-dealkylation sites (N-methyl/N-ethyl adjacent to an activating group) is 1. The summed E-state index contributed by atoms with van der Waals surface area (Å²) in [5, 5.41) is 12.6. The highest BCUT2D eigenvalue weighted by molar-refractivity contribution is 7.19. The summed E-state index contributed by atoms with van der Waals surface area (Å²) in [5.41, 5.74) is 1.11. The molecule has 0 amide bonds. The van der Waals surface area contributed by atoms with Gasteiger partial charge >= 0.3 is 0 Å². The fourth-order valence-corrected chi connectivity index (χ4v) is 2.34. The van der Waals surface area contributed by atoms with Crippen LogP contribution >= 0.6 is 11.3 Å². The third kappa shape index (κ3) is 1.60. The minimum atomic E-state index is -0.393. The normalized spacial score (nSPS) is 13.7. The predicted molar refractivity (Wildman–Crippen MR) is 55.1 cm³/mol. The fourth-order valence-electron chi connectivity index (χ4n) is 1.33. The van der Waals surface area contributed by atoms with Crippen molar-refractivity contribution in [1.29, 1.82) is 0 Å². The molecule has 2 heterocycles. The summed E-state index contributed by atoms with van der Waals surface area (Å²) in [7, 11) is 1.84. The molecule has 2 aromatic rings. The maximum absolute atomic E-state index is 9.67. The molecule has 4 heteroatoms. The zero-order chi connectivity index (χ0) is 9.26. The lowest BCUT2D eigenvalue weighted by Gasteiger charge is -2.05. The molecule has 0 spiro atoms. The second-order valence-corrected chi connectivity index (χ2v) is 4.09. The van der Waals surface area contributed by atoms with Gasteiger partial charge in [-0.3, -0.25) is 0 Å². The summed E-state index contributed by atoms with van der Waals surface area (Å²) < 4.78 is 1.20. The number of thiophene rings is 1. The average molecular weight is 196 g/mol. The van der Waals surface area contributed by atoms with Crippen molar-refractivity contribution in [2.75, 3.05) is 13.6 Å². The van der Waals surface area contributed by atoms with Crippen molar-refractivity contribution in [3.63, 3.8) is 0 Å². The minimum Gasteiger partial charge on any atom is -0.386 e. The van der Waals surface area contributed by atoms with Crippen LogP contribution in [0.1, 0.15) is 11.0 Å². The Bertz CT molecular complexity index is 364. The maximum atomic E-state index is 9.67. The van der Waals surface area contributed by atoms with Crippen molar-refractivity contribution >= 4 is 21.6 Å². The van der Waals surface area contributed by atoms with Gasteiger partial charge < -0.3 is 15.4 Å². The molecule has 0 aliphatic heterocycles. The van der Waals surface area contributed by atoms with Crippen molar-refractivity contribution in [2.24, 2.45) is 0 Å². The fraction of sp³-hybridized carbons (Fsp3) is 0.333. The van der Waals surface area contributed by atoms with E-state index in [1.807, 2.05) is 25.4 Å². The Morgan fingerprint density at radius 3 is 3.23 bits per heavy atom. The zero-order valence-corrected chi connectivity index (χ0v) is 8.19. The lowest BCUT2D eigenvalue weighted by Crippen LogP contribution is -2.15. The highest BCUT2D eigenvalue weighted by Gasteiger charge is 2.10. The Kier molecular flexibility index (Phi) is 2.35. The van der Waals surface area contributed by atoms with Gasteiger partial charge in [0.2, 0.25) is 0 Å². The number of fused-ring (bicyclic) bond motifs is 1. The van der Waals surface area contributed by atoms with Gasteiger partial charge in [0.1, 0.15) is 6.10 Å². The first-order valence-electron chi connectivity index (χ1n) is 4.20. The molecular formula is C9H12N2OS. The minimum absolute atomic E-state index is 0.393. The number of hydrogen-bond donors (Lipinski definition) is 3. The molecule has 0 aliphatic rings. The standard InChI is InChI=1S/C9H12N2OS/c1-10-5-7(12)9-4-6-8(13-9)2-3-11-6/h2-4,7,10-12H,5H2,1H3. The molecule has 0 aromatic carbocycles. The summed E-state index contributed by atoms with van der Waals surface area (Å²) in [5.74, 6) is 0. The van der Waals surface area contributed by atoms with Crippen LogP contribution in [0, 0.1) is 0 Å². The second kappa shape index (κ2) is 3.49. The lowest BCUT2D eigenvalue weighted by molar-refractivity contribution is 0.181. The van der Waals surface area contributed by atoms with E-state index in [9.17, 15) is 5.11 Å². The van der Waals surface area contributed by atoms with Gasteiger partial charge in [-0.15, -0.1) is 11.3 Å². The first-order chi connectivity index (χ1) is 6.31. The summed E-state index contributed by atoms with van der Waals surface area (Å²) >= 11 is 1.63. The van der Waals surface area contributed by atoms with Gasteiger partial charge in [0.05, 0.1) is 10.2 Å². The Morgan fingerprint density at radius 1 is 1.69 bits per heavy atom. The average Bonchev–Trinajstić information content (AvgIpc) is 2.61. The first kappa shape index (κ1) is 8.74. The van der Waals surface area contributed by atoms with Crippen molar-refractivity contribution in [3.05, 3.63) is 23.2 Å².